The number of nitrogens with zero attached hydrogens (tertiary/aromatic N) is 2. The van der Waals surface area contributed by atoms with Gasteiger partial charge in [0.15, 0.2) is 11.6 Å². The van der Waals surface area contributed by atoms with Crippen LogP contribution in [0.15, 0.2) is 36.4 Å². The minimum atomic E-state index is -0.949. The Balaban J connectivity index is 2.27. The molecule has 2 aromatic rings. The third-order valence-electron chi connectivity index (χ3n) is 4.07. The second-order valence-corrected chi connectivity index (χ2v) is 5.73. The lowest BCUT2D eigenvalue weighted by Crippen LogP contribution is -2.23. The summed E-state index contributed by atoms with van der Waals surface area (Å²) < 4.78 is 26.4. The van der Waals surface area contributed by atoms with Crippen molar-refractivity contribution in [2.24, 2.45) is 5.73 Å². The Hall–Kier alpha value is -2.87. The molecule has 0 aliphatic carbocycles. The minimum Gasteiger partial charge on any atom is -0.366 e. The van der Waals surface area contributed by atoms with E-state index in [-0.39, 0.29) is 23.8 Å². The van der Waals surface area contributed by atoms with Crippen molar-refractivity contribution in [2.45, 2.75) is 19.5 Å². The minimum absolute atomic E-state index is 0.0479. The lowest BCUT2D eigenvalue weighted by Gasteiger charge is -2.25. The predicted octanol–water partition coefficient (Wildman–Crippen LogP) is 3.16. The second-order valence-electron chi connectivity index (χ2n) is 5.73. The zero-order valence-corrected chi connectivity index (χ0v) is 13.7. The maximum absolute atomic E-state index is 13.4. The number of nitrogens with two attached hydrogens (primary N) is 1. The van der Waals surface area contributed by atoms with Crippen molar-refractivity contribution >= 4 is 11.6 Å². The summed E-state index contributed by atoms with van der Waals surface area (Å²) in [6, 6.07) is 7.30. The zero-order valence-electron chi connectivity index (χ0n) is 13.7. The maximum atomic E-state index is 13.4. The Morgan fingerprint density at radius 2 is 1.92 bits per heavy atom. The summed E-state index contributed by atoms with van der Waals surface area (Å²) in [5.74, 6) is -2.64. The van der Waals surface area contributed by atoms with Crippen LogP contribution in [0.2, 0.25) is 0 Å². The Morgan fingerprint density at radius 1 is 1.24 bits per heavy atom. The maximum Gasteiger partial charge on any atom is 0.274 e. The van der Waals surface area contributed by atoms with Crippen molar-refractivity contribution in [2.75, 3.05) is 7.05 Å². The molecule has 8 heteroatoms. The van der Waals surface area contributed by atoms with Gasteiger partial charge in [-0.05, 0) is 37.7 Å². The monoisotopic (exact) mass is 349 g/mol. The van der Waals surface area contributed by atoms with E-state index in [2.05, 4.69) is 0 Å². The molecule has 0 saturated heterocycles. The average Bonchev–Trinajstić information content (AvgIpc) is 2.56. The molecule has 0 radical (unpaired) electrons. The van der Waals surface area contributed by atoms with Crippen LogP contribution in [0.25, 0.3) is 0 Å². The van der Waals surface area contributed by atoms with E-state index in [1.54, 1.807) is 18.9 Å². The number of amides is 1. The van der Waals surface area contributed by atoms with Gasteiger partial charge in [-0.25, -0.2) is 8.78 Å². The Labute approximate surface area is 143 Å². The van der Waals surface area contributed by atoms with Gasteiger partial charge >= 0.3 is 0 Å². The van der Waals surface area contributed by atoms with Crippen LogP contribution in [0.3, 0.4) is 0 Å². The lowest BCUT2D eigenvalue weighted by atomic mass is 10.0. The topological polar surface area (TPSA) is 89.5 Å². The van der Waals surface area contributed by atoms with Crippen LogP contribution in [-0.2, 0) is 6.54 Å². The summed E-state index contributed by atoms with van der Waals surface area (Å²) in [6.07, 6.45) is 0. The molecule has 0 bridgehead atoms. The molecule has 0 aliphatic heterocycles. The summed E-state index contributed by atoms with van der Waals surface area (Å²) in [4.78, 5) is 23.6. The van der Waals surface area contributed by atoms with Crippen LogP contribution in [-0.4, -0.2) is 22.8 Å². The van der Waals surface area contributed by atoms with Crippen molar-refractivity contribution in [3.05, 3.63) is 74.8 Å². The van der Waals surface area contributed by atoms with Crippen LogP contribution in [0.5, 0.6) is 0 Å². The number of carbonyl (C=O) groups excluding carboxylic acids is 1. The first-order valence-electron chi connectivity index (χ1n) is 7.43. The Bertz CT molecular complexity index is 827. The molecule has 0 fully saturated rings. The highest BCUT2D eigenvalue weighted by Gasteiger charge is 2.20. The fraction of sp³-hybridized carbons (Fsp3) is 0.235. The van der Waals surface area contributed by atoms with E-state index >= 15 is 0 Å². The Morgan fingerprint density at radius 3 is 2.48 bits per heavy atom. The van der Waals surface area contributed by atoms with Gasteiger partial charge in [0.05, 0.1) is 4.92 Å². The molecule has 6 nitrogen and oxygen atoms in total. The van der Waals surface area contributed by atoms with E-state index < -0.39 is 22.5 Å². The molecular formula is C17H17F2N3O3. The molecule has 0 aromatic heterocycles. The van der Waals surface area contributed by atoms with Gasteiger partial charge in [-0.3, -0.25) is 19.8 Å². The number of carbonyl (C=O) groups is 1. The molecule has 1 unspecified atom stereocenters. The predicted molar refractivity (Wildman–Crippen MR) is 87.9 cm³/mol. The molecule has 25 heavy (non-hydrogen) atoms. The van der Waals surface area contributed by atoms with Crippen molar-refractivity contribution in [1.82, 2.24) is 4.90 Å². The fourth-order valence-electron chi connectivity index (χ4n) is 2.45. The molecule has 132 valence electrons. The lowest BCUT2D eigenvalue weighted by molar-refractivity contribution is -0.385. The van der Waals surface area contributed by atoms with Crippen molar-refractivity contribution in [1.29, 1.82) is 0 Å². The quantitative estimate of drug-likeness (QED) is 0.641. The summed E-state index contributed by atoms with van der Waals surface area (Å²) in [5, 5.41) is 11.2. The van der Waals surface area contributed by atoms with Crippen molar-refractivity contribution in [3.63, 3.8) is 0 Å². The van der Waals surface area contributed by atoms with Gasteiger partial charge in [-0.2, -0.15) is 0 Å². The van der Waals surface area contributed by atoms with Gasteiger partial charge in [0.25, 0.3) is 5.69 Å². The highest BCUT2D eigenvalue weighted by molar-refractivity contribution is 5.93. The molecule has 0 aliphatic rings. The molecule has 0 heterocycles. The number of halogens is 2. The molecule has 2 N–H and O–H groups in total. The normalized spacial score (nSPS) is 12.2. The number of nitro benzene ring substituents is 1. The number of nitro groups is 1. The summed E-state index contributed by atoms with van der Waals surface area (Å²) >= 11 is 0. The fourth-order valence-corrected chi connectivity index (χ4v) is 2.45. The van der Waals surface area contributed by atoms with Gasteiger partial charge < -0.3 is 5.73 Å². The van der Waals surface area contributed by atoms with Crippen LogP contribution >= 0.6 is 0 Å². The molecule has 2 aromatic carbocycles. The molecular weight excluding hydrogens is 332 g/mol. The van der Waals surface area contributed by atoms with Gasteiger partial charge in [-0.15, -0.1) is 0 Å². The Kier molecular flexibility index (Phi) is 5.43. The van der Waals surface area contributed by atoms with E-state index in [9.17, 15) is 23.7 Å². The van der Waals surface area contributed by atoms with Crippen LogP contribution in [0.1, 0.15) is 34.5 Å². The van der Waals surface area contributed by atoms with Crippen LogP contribution < -0.4 is 5.73 Å². The van der Waals surface area contributed by atoms with E-state index in [1.807, 2.05) is 0 Å². The number of hydrogen-bond acceptors (Lipinski definition) is 4. The highest BCUT2D eigenvalue weighted by atomic mass is 19.2. The van der Waals surface area contributed by atoms with Crippen LogP contribution in [0, 0.1) is 21.7 Å². The van der Waals surface area contributed by atoms with Crippen molar-refractivity contribution in [3.8, 4) is 0 Å². The number of rotatable bonds is 6. The second kappa shape index (κ2) is 7.35. The molecule has 0 saturated carbocycles. The van der Waals surface area contributed by atoms with E-state index in [0.29, 0.717) is 11.1 Å². The molecule has 2 rings (SSSR count). The van der Waals surface area contributed by atoms with Crippen molar-refractivity contribution < 1.29 is 18.5 Å². The van der Waals surface area contributed by atoms with Crippen LogP contribution in [0.4, 0.5) is 14.5 Å². The third kappa shape index (κ3) is 4.16. The van der Waals surface area contributed by atoms with E-state index in [0.717, 1.165) is 18.2 Å². The third-order valence-corrected chi connectivity index (χ3v) is 4.07. The SMILES string of the molecule is CC(c1ccc(F)c(F)c1)N(C)Cc1ccc(C(N)=O)cc1[N+](=O)[O-]. The van der Waals surface area contributed by atoms with E-state index in [4.69, 9.17) is 5.73 Å². The zero-order chi connectivity index (χ0) is 18.7. The smallest absolute Gasteiger partial charge is 0.274 e. The van der Waals surface area contributed by atoms with Gasteiger partial charge in [0.1, 0.15) is 0 Å². The molecule has 1 amide bonds. The molecule has 1 atom stereocenters. The number of hydrogen-bond donors (Lipinski definition) is 1. The standard InChI is InChI=1S/C17H17F2N3O3/c1-10(11-5-6-14(18)15(19)7-11)21(2)9-13-4-3-12(17(20)23)8-16(13)22(24)25/h3-8,10H,9H2,1-2H3,(H2,20,23). The first-order valence-corrected chi connectivity index (χ1v) is 7.43. The molecule has 0 spiro atoms. The number of benzene rings is 2. The van der Waals surface area contributed by atoms with Gasteiger partial charge in [-0.1, -0.05) is 12.1 Å². The summed E-state index contributed by atoms with van der Waals surface area (Å²) in [7, 11) is 1.71. The first-order chi connectivity index (χ1) is 11.7. The average molecular weight is 349 g/mol. The summed E-state index contributed by atoms with van der Waals surface area (Å²) in [5.41, 5.74) is 5.89. The van der Waals surface area contributed by atoms with Gasteiger partial charge in [0.2, 0.25) is 5.91 Å². The van der Waals surface area contributed by atoms with E-state index in [1.165, 1.54) is 18.2 Å². The van der Waals surface area contributed by atoms with Gasteiger partial charge in [0, 0.05) is 29.8 Å². The summed E-state index contributed by atoms with van der Waals surface area (Å²) in [6.45, 7) is 1.95. The largest absolute Gasteiger partial charge is 0.366 e. The highest BCUT2D eigenvalue weighted by Crippen LogP contribution is 2.26. The first kappa shape index (κ1) is 18.5. The number of primary amides is 1.